The molecule has 0 heterocycles. The van der Waals surface area contributed by atoms with Gasteiger partial charge in [-0.15, -0.1) is 0 Å². The molecule has 0 aliphatic carbocycles. The van der Waals surface area contributed by atoms with Crippen LogP contribution < -0.4 is 10.1 Å². The molecule has 2 aromatic carbocycles. The maximum absolute atomic E-state index is 12.3. The van der Waals surface area contributed by atoms with Crippen molar-refractivity contribution in [3.63, 3.8) is 0 Å². The van der Waals surface area contributed by atoms with Gasteiger partial charge in [-0.25, -0.2) is 0 Å². The Morgan fingerprint density at radius 1 is 1.13 bits per heavy atom. The predicted octanol–water partition coefficient (Wildman–Crippen LogP) is 5.18. The van der Waals surface area contributed by atoms with E-state index in [-0.39, 0.29) is 5.91 Å². The van der Waals surface area contributed by atoms with Gasteiger partial charge >= 0.3 is 0 Å². The number of ether oxygens (including phenoxy) is 1. The highest BCUT2D eigenvalue weighted by molar-refractivity contribution is 6.30. The van der Waals surface area contributed by atoms with Gasteiger partial charge in [0.1, 0.15) is 5.75 Å². The summed E-state index contributed by atoms with van der Waals surface area (Å²) in [4.78, 5) is 12.3. The Hall–Kier alpha value is -2.00. The van der Waals surface area contributed by atoms with Crippen molar-refractivity contribution in [1.82, 2.24) is 0 Å². The van der Waals surface area contributed by atoms with Gasteiger partial charge in [0.25, 0.3) is 5.91 Å². The highest BCUT2D eigenvalue weighted by atomic mass is 35.5. The zero-order valence-corrected chi connectivity index (χ0v) is 14.6. The molecule has 0 fully saturated rings. The Morgan fingerprint density at radius 2 is 1.87 bits per heavy atom. The molecule has 23 heavy (non-hydrogen) atoms. The lowest BCUT2D eigenvalue weighted by Crippen LogP contribution is -2.30. The van der Waals surface area contributed by atoms with E-state index < -0.39 is 6.10 Å². The standard InChI is InChI=1S/C19H22ClNO2/c1-12(2)17-9-8-13(3)10-18(17)23-14(4)19(22)21-16-7-5-6-15(20)11-16/h5-12,14H,1-4H3,(H,21,22). The normalized spacial score (nSPS) is 12.1. The topological polar surface area (TPSA) is 38.3 Å². The minimum absolute atomic E-state index is 0.205. The molecule has 1 atom stereocenters. The molecule has 1 unspecified atom stereocenters. The monoisotopic (exact) mass is 331 g/mol. The van der Waals surface area contributed by atoms with Crippen LogP contribution in [0.4, 0.5) is 5.69 Å². The van der Waals surface area contributed by atoms with E-state index in [2.05, 4.69) is 31.3 Å². The molecule has 0 spiro atoms. The third-order valence-electron chi connectivity index (χ3n) is 3.56. The van der Waals surface area contributed by atoms with Crippen LogP contribution in [0.3, 0.4) is 0 Å². The summed E-state index contributed by atoms with van der Waals surface area (Å²) in [6.45, 7) is 7.96. The van der Waals surface area contributed by atoms with E-state index in [1.165, 1.54) is 0 Å². The lowest BCUT2D eigenvalue weighted by atomic mass is 10.0. The number of amides is 1. The second-order valence-electron chi connectivity index (χ2n) is 5.96. The molecule has 0 aliphatic heterocycles. The van der Waals surface area contributed by atoms with Crippen molar-refractivity contribution in [2.75, 3.05) is 5.32 Å². The predicted molar refractivity (Wildman–Crippen MR) is 95.4 cm³/mol. The van der Waals surface area contributed by atoms with E-state index >= 15 is 0 Å². The minimum Gasteiger partial charge on any atom is -0.481 e. The molecule has 2 aromatic rings. The molecule has 0 aromatic heterocycles. The number of halogens is 1. The largest absolute Gasteiger partial charge is 0.481 e. The van der Waals surface area contributed by atoms with Crippen LogP contribution in [0.25, 0.3) is 0 Å². The van der Waals surface area contributed by atoms with Crippen LogP contribution in [-0.2, 0) is 4.79 Å². The van der Waals surface area contributed by atoms with E-state index in [0.717, 1.165) is 16.9 Å². The Balaban J connectivity index is 2.11. The van der Waals surface area contributed by atoms with Crippen molar-refractivity contribution < 1.29 is 9.53 Å². The molecular weight excluding hydrogens is 310 g/mol. The van der Waals surface area contributed by atoms with Crippen LogP contribution in [0, 0.1) is 6.92 Å². The number of aryl methyl sites for hydroxylation is 1. The molecule has 2 rings (SSSR count). The second kappa shape index (κ2) is 7.51. The summed E-state index contributed by atoms with van der Waals surface area (Å²) in [5, 5.41) is 3.40. The van der Waals surface area contributed by atoms with Crippen molar-refractivity contribution in [3.05, 3.63) is 58.6 Å². The number of rotatable bonds is 5. The van der Waals surface area contributed by atoms with E-state index in [9.17, 15) is 4.79 Å². The first kappa shape index (κ1) is 17.4. The molecule has 0 radical (unpaired) electrons. The fourth-order valence-corrected chi connectivity index (χ4v) is 2.46. The maximum atomic E-state index is 12.3. The zero-order chi connectivity index (χ0) is 17.0. The van der Waals surface area contributed by atoms with Gasteiger partial charge in [0.2, 0.25) is 0 Å². The lowest BCUT2D eigenvalue weighted by Gasteiger charge is -2.19. The summed E-state index contributed by atoms with van der Waals surface area (Å²) in [5.74, 6) is 0.881. The molecular formula is C19H22ClNO2. The molecule has 1 amide bonds. The summed E-state index contributed by atoms with van der Waals surface area (Å²) in [7, 11) is 0. The third kappa shape index (κ3) is 4.73. The highest BCUT2D eigenvalue weighted by Crippen LogP contribution is 2.28. The van der Waals surface area contributed by atoms with E-state index in [1.54, 1.807) is 31.2 Å². The quantitative estimate of drug-likeness (QED) is 0.820. The van der Waals surface area contributed by atoms with Gasteiger partial charge in [0.15, 0.2) is 6.10 Å². The molecule has 4 heteroatoms. The van der Waals surface area contributed by atoms with Gasteiger partial charge in [0, 0.05) is 10.7 Å². The van der Waals surface area contributed by atoms with Crippen LogP contribution in [0.15, 0.2) is 42.5 Å². The van der Waals surface area contributed by atoms with Gasteiger partial charge < -0.3 is 10.1 Å². The van der Waals surface area contributed by atoms with Crippen LogP contribution in [-0.4, -0.2) is 12.0 Å². The second-order valence-corrected chi connectivity index (χ2v) is 6.39. The lowest BCUT2D eigenvalue weighted by molar-refractivity contribution is -0.122. The first-order valence-corrected chi connectivity index (χ1v) is 8.08. The number of anilines is 1. The summed E-state index contributed by atoms with van der Waals surface area (Å²) < 4.78 is 5.91. The molecule has 0 saturated heterocycles. The van der Waals surface area contributed by atoms with Gasteiger partial charge in [-0.05, 0) is 55.2 Å². The SMILES string of the molecule is Cc1ccc(C(C)C)c(OC(C)C(=O)Nc2cccc(Cl)c2)c1. The Kier molecular flexibility index (Phi) is 5.67. The number of carbonyl (C=O) groups excluding carboxylic acids is 1. The smallest absolute Gasteiger partial charge is 0.265 e. The van der Waals surface area contributed by atoms with Crippen molar-refractivity contribution >= 4 is 23.2 Å². The fourth-order valence-electron chi connectivity index (χ4n) is 2.27. The van der Waals surface area contributed by atoms with Gasteiger partial charge in [-0.3, -0.25) is 4.79 Å². The van der Waals surface area contributed by atoms with E-state index in [1.807, 2.05) is 13.0 Å². The highest BCUT2D eigenvalue weighted by Gasteiger charge is 2.18. The van der Waals surface area contributed by atoms with Crippen LogP contribution >= 0.6 is 11.6 Å². The number of hydrogen-bond acceptors (Lipinski definition) is 2. The van der Waals surface area contributed by atoms with E-state index in [4.69, 9.17) is 16.3 Å². The Morgan fingerprint density at radius 3 is 2.52 bits per heavy atom. The first-order valence-electron chi connectivity index (χ1n) is 7.70. The van der Waals surface area contributed by atoms with Crippen LogP contribution in [0.5, 0.6) is 5.75 Å². The molecule has 3 nitrogen and oxygen atoms in total. The van der Waals surface area contributed by atoms with Crippen molar-refractivity contribution in [2.45, 2.75) is 39.7 Å². The minimum atomic E-state index is -0.603. The summed E-state index contributed by atoms with van der Waals surface area (Å²) in [6, 6.07) is 13.1. The van der Waals surface area contributed by atoms with Gasteiger partial charge in [0.05, 0.1) is 0 Å². The van der Waals surface area contributed by atoms with Crippen LogP contribution in [0.2, 0.25) is 5.02 Å². The molecule has 0 bridgehead atoms. The molecule has 0 saturated carbocycles. The van der Waals surface area contributed by atoms with Crippen LogP contribution in [0.1, 0.15) is 37.8 Å². The third-order valence-corrected chi connectivity index (χ3v) is 3.79. The van der Waals surface area contributed by atoms with Crippen molar-refractivity contribution in [2.24, 2.45) is 0 Å². The molecule has 1 N–H and O–H groups in total. The van der Waals surface area contributed by atoms with Crippen molar-refractivity contribution in [1.29, 1.82) is 0 Å². The summed E-state index contributed by atoms with van der Waals surface area (Å²) in [6.07, 6.45) is -0.603. The number of hydrogen-bond donors (Lipinski definition) is 1. The first-order chi connectivity index (χ1) is 10.9. The zero-order valence-electron chi connectivity index (χ0n) is 13.9. The average Bonchev–Trinajstić information content (AvgIpc) is 2.46. The van der Waals surface area contributed by atoms with Crippen molar-refractivity contribution in [3.8, 4) is 5.75 Å². The fraction of sp³-hybridized carbons (Fsp3) is 0.316. The van der Waals surface area contributed by atoms with E-state index in [0.29, 0.717) is 16.6 Å². The summed E-state index contributed by atoms with van der Waals surface area (Å²) >= 11 is 5.93. The molecule has 0 aliphatic rings. The maximum Gasteiger partial charge on any atom is 0.265 e. The number of benzene rings is 2. The molecule has 122 valence electrons. The average molecular weight is 332 g/mol. The Bertz CT molecular complexity index is 698. The number of nitrogens with one attached hydrogen (secondary N) is 1. The van der Waals surface area contributed by atoms with Gasteiger partial charge in [-0.1, -0.05) is 43.6 Å². The Labute approximate surface area is 142 Å². The summed E-state index contributed by atoms with van der Waals surface area (Å²) in [5.41, 5.74) is 2.86. The number of carbonyl (C=O) groups is 1. The van der Waals surface area contributed by atoms with Gasteiger partial charge in [-0.2, -0.15) is 0 Å².